The third kappa shape index (κ3) is 4.92. The van der Waals surface area contributed by atoms with E-state index in [1.54, 1.807) is 0 Å². The lowest BCUT2D eigenvalue weighted by molar-refractivity contribution is -0.113. The molecule has 9 nitrogen and oxygen atoms in total. The summed E-state index contributed by atoms with van der Waals surface area (Å²) in [5.74, 6) is 0.663. The van der Waals surface area contributed by atoms with Gasteiger partial charge in [-0.1, -0.05) is 42.0 Å². The summed E-state index contributed by atoms with van der Waals surface area (Å²) in [7, 11) is 3.90. The Bertz CT molecular complexity index is 880. The molecule has 0 unspecified atom stereocenters. The van der Waals surface area contributed by atoms with Crippen molar-refractivity contribution in [3.63, 3.8) is 0 Å². The molecule has 1 amide bonds. The van der Waals surface area contributed by atoms with Gasteiger partial charge < -0.3 is 8.83 Å². The first-order chi connectivity index (χ1) is 13.1. The first-order valence-electron chi connectivity index (χ1n) is 8.38. The average molecular weight is 388 g/mol. The van der Waals surface area contributed by atoms with Crippen molar-refractivity contribution < 1.29 is 13.6 Å². The largest absolute Gasteiger partial charge is 0.414 e. The van der Waals surface area contributed by atoms with Gasteiger partial charge in [-0.05, 0) is 32.6 Å². The molecule has 0 radical (unpaired) electrons. The quantitative estimate of drug-likeness (QED) is 0.582. The number of nitrogens with one attached hydrogen (secondary N) is 1. The highest BCUT2D eigenvalue weighted by molar-refractivity contribution is 7.99. The van der Waals surface area contributed by atoms with E-state index >= 15 is 0 Å². The summed E-state index contributed by atoms with van der Waals surface area (Å²) in [6, 6.07) is 9.42. The van der Waals surface area contributed by atoms with Crippen molar-refractivity contribution in [1.82, 2.24) is 25.3 Å². The second kappa shape index (κ2) is 8.78. The predicted octanol–water partition coefficient (Wildman–Crippen LogP) is 2.86. The number of thioether (sulfide) groups is 1. The number of nitrogens with zero attached hydrogens (tertiary/aromatic N) is 5. The maximum atomic E-state index is 12.1. The number of anilines is 1. The summed E-state index contributed by atoms with van der Waals surface area (Å²) in [6.07, 6.45) is 0.848. The smallest absolute Gasteiger partial charge is 0.322 e. The molecule has 10 heteroatoms. The lowest BCUT2D eigenvalue weighted by atomic mass is 10.2. The molecule has 2 heterocycles. The summed E-state index contributed by atoms with van der Waals surface area (Å²) >= 11 is 1.15. The lowest BCUT2D eigenvalue weighted by Crippen LogP contribution is -2.19. The molecule has 0 spiro atoms. The summed E-state index contributed by atoms with van der Waals surface area (Å²) in [6.45, 7) is 2.04. The lowest BCUT2D eigenvalue weighted by Gasteiger charge is -2.18. The van der Waals surface area contributed by atoms with Crippen LogP contribution in [0.5, 0.6) is 0 Å². The Morgan fingerprint density at radius 2 is 1.93 bits per heavy atom. The maximum absolute atomic E-state index is 12.1. The van der Waals surface area contributed by atoms with Crippen LogP contribution >= 0.6 is 11.8 Å². The van der Waals surface area contributed by atoms with Gasteiger partial charge in [-0.25, -0.2) is 0 Å². The Balaban J connectivity index is 1.53. The first kappa shape index (κ1) is 19.1. The Morgan fingerprint density at radius 3 is 2.63 bits per heavy atom. The molecule has 0 bridgehead atoms. The molecule has 1 aromatic carbocycles. The zero-order chi connectivity index (χ0) is 19.2. The molecule has 0 fully saturated rings. The van der Waals surface area contributed by atoms with Crippen molar-refractivity contribution in [1.29, 1.82) is 0 Å². The van der Waals surface area contributed by atoms with E-state index in [0.717, 1.165) is 23.7 Å². The number of aromatic nitrogens is 4. The predicted molar refractivity (Wildman–Crippen MR) is 100 cm³/mol. The van der Waals surface area contributed by atoms with Crippen LogP contribution in [0.25, 0.3) is 11.5 Å². The van der Waals surface area contributed by atoms with Crippen LogP contribution in [0, 0.1) is 0 Å². The molecule has 0 saturated heterocycles. The molecule has 1 atom stereocenters. The summed E-state index contributed by atoms with van der Waals surface area (Å²) in [5.41, 5.74) is 0.782. The van der Waals surface area contributed by atoms with Crippen LogP contribution in [0.4, 0.5) is 6.01 Å². The third-order valence-electron chi connectivity index (χ3n) is 3.74. The number of amides is 1. The van der Waals surface area contributed by atoms with Crippen molar-refractivity contribution in [3.8, 4) is 11.5 Å². The fourth-order valence-electron chi connectivity index (χ4n) is 2.43. The van der Waals surface area contributed by atoms with Gasteiger partial charge in [-0.15, -0.1) is 15.3 Å². The zero-order valence-electron chi connectivity index (χ0n) is 15.2. The van der Waals surface area contributed by atoms with Gasteiger partial charge in [0.2, 0.25) is 17.7 Å². The highest BCUT2D eigenvalue weighted by Crippen LogP contribution is 2.24. The van der Waals surface area contributed by atoms with E-state index in [0.29, 0.717) is 17.0 Å². The second-order valence-electron chi connectivity index (χ2n) is 5.91. The molecule has 1 N–H and O–H groups in total. The Kier molecular flexibility index (Phi) is 6.20. The molecule has 0 aliphatic heterocycles. The van der Waals surface area contributed by atoms with E-state index in [2.05, 4.69) is 25.7 Å². The molecule has 27 heavy (non-hydrogen) atoms. The van der Waals surface area contributed by atoms with Gasteiger partial charge in [0.1, 0.15) is 0 Å². The average Bonchev–Trinajstić information content (AvgIpc) is 3.31. The van der Waals surface area contributed by atoms with Crippen LogP contribution < -0.4 is 5.32 Å². The number of carbonyl (C=O) groups is 1. The monoisotopic (exact) mass is 388 g/mol. The van der Waals surface area contributed by atoms with Crippen LogP contribution in [0.3, 0.4) is 0 Å². The highest BCUT2D eigenvalue weighted by atomic mass is 32.2. The van der Waals surface area contributed by atoms with Crippen LogP contribution in [0.15, 0.2) is 44.4 Å². The normalized spacial score (nSPS) is 12.3. The maximum Gasteiger partial charge on any atom is 0.322 e. The molecule has 0 saturated carbocycles. The SMILES string of the molecule is CC[C@@H](c1nnc(SCC(=O)Nc2nnc(-c3ccccc3)o2)o1)N(C)C. The molecular formula is C17H20N6O3S. The number of carbonyl (C=O) groups excluding carboxylic acids is 1. The van der Waals surface area contributed by atoms with Crippen molar-refractivity contribution in [2.24, 2.45) is 0 Å². The minimum absolute atomic E-state index is 0.0457. The summed E-state index contributed by atoms with van der Waals surface area (Å²) in [4.78, 5) is 14.1. The standard InChI is InChI=1S/C17H20N6O3S/c1-4-12(23(2)3)15-20-22-17(26-15)27-10-13(24)18-16-21-19-14(25-16)11-8-6-5-7-9-11/h5-9,12H,4,10H2,1-3H3,(H,18,21,24)/t12-/m0/s1. The third-order valence-corrected chi connectivity index (χ3v) is 4.55. The molecule has 2 aromatic heterocycles. The molecule has 0 aliphatic carbocycles. The van der Waals surface area contributed by atoms with Crippen LogP contribution in [0.2, 0.25) is 0 Å². The minimum Gasteiger partial charge on any atom is -0.414 e. The Morgan fingerprint density at radius 1 is 1.15 bits per heavy atom. The van der Waals surface area contributed by atoms with Crippen molar-refractivity contribution in [2.75, 3.05) is 25.2 Å². The Labute approximate surface area is 160 Å². The molecule has 3 rings (SSSR count). The van der Waals surface area contributed by atoms with Gasteiger partial charge in [0.25, 0.3) is 5.22 Å². The van der Waals surface area contributed by atoms with Crippen molar-refractivity contribution in [2.45, 2.75) is 24.6 Å². The van der Waals surface area contributed by atoms with E-state index in [9.17, 15) is 4.79 Å². The summed E-state index contributed by atoms with van der Waals surface area (Å²) < 4.78 is 11.1. The van der Waals surface area contributed by atoms with E-state index in [-0.39, 0.29) is 23.7 Å². The molecule has 3 aromatic rings. The number of rotatable bonds is 8. The molecular weight excluding hydrogens is 368 g/mol. The molecule has 142 valence electrons. The highest BCUT2D eigenvalue weighted by Gasteiger charge is 2.20. The van der Waals surface area contributed by atoms with Gasteiger partial charge >= 0.3 is 6.01 Å². The first-order valence-corrected chi connectivity index (χ1v) is 9.36. The Hall–Kier alpha value is -2.72. The second-order valence-corrected chi connectivity index (χ2v) is 6.84. The van der Waals surface area contributed by atoms with Crippen LogP contribution in [0.1, 0.15) is 25.3 Å². The van der Waals surface area contributed by atoms with Crippen LogP contribution in [-0.2, 0) is 4.79 Å². The fourth-order valence-corrected chi connectivity index (χ4v) is 3.00. The van der Waals surface area contributed by atoms with E-state index in [1.165, 1.54) is 0 Å². The topological polar surface area (TPSA) is 110 Å². The molecule has 0 aliphatic rings. The van der Waals surface area contributed by atoms with Gasteiger partial charge in [-0.3, -0.25) is 15.0 Å². The summed E-state index contributed by atoms with van der Waals surface area (Å²) in [5, 5.41) is 18.7. The van der Waals surface area contributed by atoms with Gasteiger partial charge in [0, 0.05) is 5.56 Å². The van der Waals surface area contributed by atoms with Crippen molar-refractivity contribution >= 4 is 23.7 Å². The number of hydrogen-bond acceptors (Lipinski definition) is 9. The number of hydrogen-bond donors (Lipinski definition) is 1. The number of benzene rings is 1. The van der Waals surface area contributed by atoms with Gasteiger partial charge in [0.05, 0.1) is 11.8 Å². The van der Waals surface area contributed by atoms with E-state index < -0.39 is 0 Å². The van der Waals surface area contributed by atoms with E-state index in [1.807, 2.05) is 56.3 Å². The minimum atomic E-state index is -0.303. The van der Waals surface area contributed by atoms with E-state index in [4.69, 9.17) is 8.83 Å². The van der Waals surface area contributed by atoms with Gasteiger partial charge in [-0.2, -0.15) is 0 Å². The van der Waals surface area contributed by atoms with Crippen LogP contribution in [-0.4, -0.2) is 51.1 Å². The van der Waals surface area contributed by atoms with Crippen molar-refractivity contribution in [3.05, 3.63) is 36.2 Å². The fraction of sp³-hybridized carbons (Fsp3) is 0.353. The zero-order valence-corrected chi connectivity index (χ0v) is 16.1. The van der Waals surface area contributed by atoms with Gasteiger partial charge in [0.15, 0.2) is 0 Å².